The summed E-state index contributed by atoms with van der Waals surface area (Å²) in [6.07, 6.45) is 7.60. The third-order valence-corrected chi connectivity index (χ3v) is 3.29. The fourth-order valence-corrected chi connectivity index (χ4v) is 2.01. The zero-order chi connectivity index (χ0) is 11.6. The standard InChI is InChI=1S/C14H19IO/c1-2-3-9-14(15)12-16-11-10-13-7-5-4-6-8-13/h4-8,10-11,14H,2-3,9,12H2,1H3. The topological polar surface area (TPSA) is 9.23 Å². The van der Waals surface area contributed by atoms with Crippen LogP contribution in [0.4, 0.5) is 0 Å². The average Bonchev–Trinajstić information content (AvgIpc) is 2.33. The second-order valence-electron chi connectivity index (χ2n) is 3.79. The summed E-state index contributed by atoms with van der Waals surface area (Å²) in [6.45, 7) is 3.03. The lowest BCUT2D eigenvalue weighted by molar-refractivity contribution is 0.252. The minimum atomic E-state index is 0.623. The highest BCUT2D eigenvalue weighted by Crippen LogP contribution is 2.11. The molecule has 1 atom stereocenters. The summed E-state index contributed by atoms with van der Waals surface area (Å²) in [5, 5.41) is 0. The molecule has 1 aromatic rings. The maximum Gasteiger partial charge on any atom is 0.0990 e. The quantitative estimate of drug-likeness (QED) is 0.401. The van der Waals surface area contributed by atoms with E-state index in [0.717, 1.165) is 6.61 Å². The van der Waals surface area contributed by atoms with Crippen molar-refractivity contribution in [3.63, 3.8) is 0 Å². The summed E-state index contributed by atoms with van der Waals surface area (Å²) < 4.78 is 6.13. The van der Waals surface area contributed by atoms with Crippen LogP contribution in [0, 0.1) is 0 Å². The van der Waals surface area contributed by atoms with Crippen LogP contribution in [0.3, 0.4) is 0 Å². The molecule has 0 fully saturated rings. The van der Waals surface area contributed by atoms with Gasteiger partial charge in [0, 0.05) is 3.92 Å². The molecule has 0 heterocycles. The molecule has 0 aliphatic rings. The number of unbranched alkanes of at least 4 members (excludes halogenated alkanes) is 1. The van der Waals surface area contributed by atoms with Gasteiger partial charge in [-0.15, -0.1) is 0 Å². The molecule has 0 bridgehead atoms. The molecule has 1 aromatic carbocycles. The largest absolute Gasteiger partial charge is 0.500 e. The zero-order valence-electron chi connectivity index (χ0n) is 9.73. The molecular formula is C14H19IO. The maximum absolute atomic E-state index is 5.51. The van der Waals surface area contributed by atoms with Crippen molar-refractivity contribution in [2.24, 2.45) is 0 Å². The molecule has 1 rings (SSSR count). The highest BCUT2D eigenvalue weighted by Gasteiger charge is 2.01. The summed E-state index contributed by atoms with van der Waals surface area (Å²) in [5.74, 6) is 0. The van der Waals surface area contributed by atoms with Gasteiger partial charge in [-0.3, -0.25) is 0 Å². The van der Waals surface area contributed by atoms with E-state index in [0.29, 0.717) is 3.92 Å². The third kappa shape index (κ3) is 6.16. The van der Waals surface area contributed by atoms with Crippen molar-refractivity contribution in [1.82, 2.24) is 0 Å². The molecule has 0 radical (unpaired) electrons. The number of rotatable bonds is 7. The molecule has 1 nitrogen and oxygen atoms in total. The van der Waals surface area contributed by atoms with E-state index in [1.54, 1.807) is 6.26 Å². The van der Waals surface area contributed by atoms with Crippen molar-refractivity contribution in [1.29, 1.82) is 0 Å². The normalized spacial score (nSPS) is 12.9. The second-order valence-corrected chi connectivity index (χ2v) is 5.55. The van der Waals surface area contributed by atoms with E-state index in [1.807, 2.05) is 24.3 Å². The number of halogens is 1. The fraction of sp³-hybridized carbons (Fsp3) is 0.429. The smallest absolute Gasteiger partial charge is 0.0990 e. The van der Waals surface area contributed by atoms with E-state index in [2.05, 4.69) is 41.6 Å². The number of hydrogen-bond acceptors (Lipinski definition) is 1. The monoisotopic (exact) mass is 330 g/mol. The van der Waals surface area contributed by atoms with Crippen molar-refractivity contribution < 1.29 is 4.74 Å². The van der Waals surface area contributed by atoms with Gasteiger partial charge in [-0.05, 0) is 18.1 Å². The molecule has 16 heavy (non-hydrogen) atoms. The van der Waals surface area contributed by atoms with Gasteiger partial charge in [0.15, 0.2) is 0 Å². The summed E-state index contributed by atoms with van der Waals surface area (Å²) in [6, 6.07) is 10.2. The second kappa shape index (κ2) is 8.62. The Kier molecular flexibility index (Phi) is 7.30. The van der Waals surface area contributed by atoms with E-state index in [1.165, 1.54) is 24.8 Å². The molecule has 0 saturated heterocycles. The van der Waals surface area contributed by atoms with Crippen LogP contribution in [0.1, 0.15) is 31.7 Å². The Morgan fingerprint density at radius 1 is 1.31 bits per heavy atom. The van der Waals surface area contributed by atoms with Gasteiger partial charge in [0.25, 0.3) is 0 Å². The van der Waals surface area contributed by atoms with Crippen LogP contribution >= 0.6 is 22.6 Å². The van der Waals surface area contributed by atoms with Crippen LogP contribution < -0.4 is 0 Å². The number of ether oxygens (including phenoxy) is 1. The number of alkyl halides is 1. The van der Waals surface area contributed by atoms with Gasteiger partial charge < -0.3 is 4.74 Å². The van der Waals surface area contributed by atoms with Crippen LogP contribution in [0.2, 0.25) is 0 Å². The molecule has 0 aliphatic heterocycles. The van der Waals surface area contributed by atoms with Crippen molar-refractivity contribution in [3.05, 3.63) is 42.2 Å². The molecule has 0 N–H and O–H groups in total. The fourth-order valence-electron chi connectivity index (χ4n) is 1.36. The minimum absolute atomic E-state index is 0.623. The summed E-state index contributed by atoms with van der Waals surface area (Å²) >= 11 is 2.46. The van der Waals surface area contributed by atoms with E-state index >= 15 is 0 Å². The first-order valence-electron chi connectivity index (χ1n) is 5.80. The van der Waals surface area contributed by atoms with Crippen molar-refractivity contribution in [3.8, 4) is 0 Å². The molecule has 88 valence electrons. The molecule has 0 aliphatic carbocycles. The summed E-state index contributed by atoms with van der Waals surface area (Å²) in [5.41, 5.74) is 1.18. The third-order valence-electron chi connectivity index (χ3n) is 2.30. The molecule has 1 unspecified atom stereocenters. The average molecular weight is 330 g/mol. The van der Waals surface area contributed by atoms with Gasteiger partial charge in [-0.25, -0.2) is 0 Å². The Morgan fingerprint density at radius 3 is 2.75 bits per heavy atom. The lowest BCUT2D eigenvalue weighted by Crippen LogP contribution is -2.05. The lowest BCUT2D eigenvalue weighted by atomic mass is 10.2. The van der Waals surface area contributed by atoms with E-state index in [9.17, 15) is 0 Å². The zero-order valence-corrected chi connectivity index (χ0v) is 11.9. The van der Waals surface area contributed by atoms with Crippen molar-refractivity contribution in [2.75, 3.05) is 6.61 Å². The first kappa shape index (κ1) is 13.6. The van der Waals surface area contributed by atoms with Crippen molar-refractivity contribution >= 4 is 28.7 Å². The first-order valence-corrected chi connectivity index (χ1v) is 7.04. The molecular weight excluding hydrogens is 311 g/mol. The Balaban J connectivity index is 2.17. The summed E-state index contributed by atoms with van der Waals surface area (Å²) in [7, 11) is 0. The molecule has 0 saturated carbocycles. The van der Waals surface area contributed by atoms with Crippen LogP contribution in [-0.2, 0) is 4.74 Å². The number of benzene rings is 1. The van der Waals surface area contributed by atoms with Gasteiger partial charge in [0.05, 0.1) is 12.9 Å². The highest BCUT2D eigenvalue weighted by molar-refractivity contribution is 14.1. The van der Waals surface area contributed by atoms with E-state index < -0.39 is 0 Å². The van der Waals surface area contributed by atoms with Gasteiger partial charge in [0.1, 0.15) is 0 Å². The number of hydrogen-bond donors (Lipinski definition) is 0. The van der Waals surface area contributed by atoms with E-state index in [-0.39, 0.29) is 0 Å². The van der Waals surface area contributed by atoms with Crippen molar-refractivity contribution in [2.45, 2.75) is 30.1 Å². The molecule has 0 spiro atoms. The Bertz CT molecular complexity index is 295. The Morgan fingerprint density at radius 2 is 2.06 bits per heavy atom. The summed E-state index contributed by atoms with van der Waals surface area (Å²) in [4.78, 5) is 0. The molecule has 0 aromatic heterocycles. The highest BCUT2D eigenvalue weighted by atomic mass is 127. The maximum atomic E-state index is 5.51. The SMILES string of the molecule is CCCCC(I)COC=Cc1ccccc1. The van der Waals surface area contributed by atoms with Gasteiger partial charge >= 0.3 is 0 Å². The minimum Gasteiger partial charge on any atom is -0.500 e. The van der Waals surface area contributed by atoms with Crippen LogP contribution in [-0.4, -0.2) is 10.5 Å². The van der Waals surface area contributed by atoms with E-state index in [4.69, 9.17) is 4.74 Å². The van der Waals surface area contributed by atoms with Gasteiger partial charge in [0.2, 0.25) is 0 Å². The lowest BCUT2D eigenvalue weighted by Gasteiger charge is -2.07. The predicted octanol–water partition coefficient (Wildman–Crippen LogP) is 4.67. The Labute approximate surface area is 112 Å². The molecule has 0 amide bonds. The molecule has 2 heteroatoms. The van der Waals surface area contributed by atoms with Crippen LogP contribution in [0.15, 0.2) is 36.6 Å². The first-order chi connectivity index (χ1) is 7.83. The van der Waals surface area contributed by atoms with Crippen LogP contribution in [0.5, 0.6) is 0 Å². The van der Waals surface area contributed by atoms with Gasteiger partial charge in [-0.1, -0.05) is 72.7 Å². The van der Waals surface area contributed by atoms with Gasteiger partial charge in [-0.2, -0.15) is 0 Å². The Hall–Kier alpha value is -0.510. The van der Waals surface area contributed by atoms with Crippen LogP contribution in [0.25, 0.3) is 6.08 Å². The predicted molar refractivity (Wildman–Crippen MR) is 78.8 cm³/mol.